The standard InChI is InChI=1S/C16H12BrClFN3O/c1-9-5-10(17)7-22-8-11(21-15(9)22)6-20-16(23)14-12(18)3-2-4-13(14)19/h2-5,7-8H,6H2,1H3,(H,20,23). The first-order valence-corrected chi connectivity index (χ1v) is 7.99. The third-order valence-electron chi connectivity index (χ3n) is 3.37. The number of hydrogen-bond donors (Lipinski definition) is 1. The van der Waals surface area contributed by atoms with Gasteiger partial charge in [-0.15, -0.1) is 0 Å². The second kappa shape index (κ2) is 6.29. The minimum absolute atomic E-state index is 0.0808. The van der Waals surface area contributed by atoms with Crippen LogP contribution in [0.4, 0.5) is 4.39 Å². The number of aromatic nitrogens is 2. The monoisotopic (exact) mass is 395 g/mol. The molecule has 1 N–H and O–H groups in total. The van der Waals surface area contributed by atoms with E-state index in [-0.39, 0.29) is 17.1 Å². The van der Waals surface area contributed by atoms with Crippen molar-refractivity contribution < 1.29 is 9.18 Å². The second-order valence-electron chi connectivity index (χ2n) is 5.08. The molecular weight excluding hydrogens is 385 g/mol. The van der Waals surface area contributed by atoms with Crippen LogP contribution in [0.5, 0.6) is 0 Å². The molecule has 0 bridgehead atoms. The summed E-state index contributed by atoms with van der Waals surface area (Å²) in [5.41, 5.74) is 2.33. The molecule has 1 amide bonds. The summed E-state index contributed by atoms with van der Waals surface area (Å²) in [7, 11) is 0. The number of imidazole rings is 1. The number of fused-ring (bicyclic) bond motifs is 1. The summed E-state index contributed by atoms with van der Waals surface area (Å²) >= 11 is 9.31. The van der Waals surface area contributed by atoms with Gasteiger partial charge in [0.2, 0.25) is 0 Å². The summed E-state index contributed by atoms with van der Waals surface area (Å²) in [5, 5.41) is 2.72. The Morgan fingerprint density at radius 2 is 2.22 bits per heavy atom. The van der Waals surface area contributed by atoms with Crippen LogP contribution in [-0.2, 0) is 6.54 Å². The molecule has 118 valence electrons. The Morgan fingerprint density at radius 1 is 1.43 bits per heavy atom. The van der Waals surface area contributed by atoms with E-state index in [0.29, 0.717) is 5.69 Å². The maximum atomic E-state index is 13.7. The van der Waals surface area contributed by atoms with Crippen molar-refractivity contribution in [1.29, 1.82) is 0 Å². The number of benzene rings is 1. The van der Waals surface area contributed by atoms with Gasteiger partial charge in [0.15, 0.2) is 0 Å². The van der Waals surface area contributed by atoms with Gasteiger partial charge in [-0.25, -0.2) is 9.37 Å². The van der Waals surface area contributed by atoms with E-state index in [0.717, 1.165) is 15.7 Å². The molecule has 2 aromatic heterocycles. The molecule has 4 nitrogen and oxygen atoms in total. The fourth-order valence-electron chi connectivity index (χ4n) is 2.34. The van der Waals surface area contributed by atoms with E-state index in [1.54, 1.807) is 0 Å². The van der Waals surface area contributed by atoms with E-state index >= 15 is 0 Å². The third-order valence-corrected chi connectivity index (χ3v) is 4.12. The van der Waals surface area contributed by atoms with Crippen LogP contribution in [-0.4, -0.2) is 15.3 Å². The van der Waals surface area contributed by atoms with Crippen LogP contribution in [0.2, 0.25) is 5.02 Å². The number of hydrogen-bond acceptors (Lipinski definition) is 2. The number of halogens is 3. The SMILES string of the molecule is Cc1cc(Br)cn2cc(CNC(=O)c3c(F)cccc3Cl)nc12. The van der Waals surface area contributed by atoms with Crippen molar-refractivity contribution in [2.45, 2.75) is 13.5 Å². The molecule has 0 radical (unpaired) electrons. The first-order chi connectivity index (χ1) is 11.0. The zero-order valence-corrected chi connectivity index (χ0v) is 14.4. The van der Waals surface area contributed by atoms with Crippen molar-refractivity contribution in [1.82, 2.24) is 14.7 Å². The lowest BCUT2D eigenvalue weighted by molar-refractivity contribution is 0.0946. The number of carbonyl (C=O) groups excluding carboxylic acids is 1. The van der Waals surface area contributed by atoms with Gasteiger partial charge in [0, 0.05) is 16.9 Å². The zero-order chi connectivity index (χ0) is 16.6. The lowest BCUT2D eigenvalue weighted by atomic mass is 10.2. The highest BCUT2D eigenvalue weighted by Crippen LogP contribution is 2.19. The number of rotatable bonds is 3. The first kappa shape index (κ1) is 16.0. The van der Waals surface area contributed by atoms with Gasteiger partial charge in [-0.2, -0.15) is 0 Å². The highest BCUT2D eigenvalue weighted by Gasteiger charge is 2.16. The van der Waals surface area contributed by atoms with Crippen LogP contribution in [0.1, 0.15) is 21.6 Å². The average molecular weight is 397 g/mol. The van der Waals surface area contributed by atoms with E-state index in [4.69, 9.17) is 11.6 Å². The average Bonchev–Trinajstić information content (AvgIpc) is 2.88. The van der Waals surface area contributed by atoms with Crippen LogP contribution in [0, 0.1) is 12.7 Å². The summed E-state index contributed by atoms with van der Waals surface area (Å²) in [6.07, 6.45) is 3.70. The molecule has 0 fully saturated rings. The number of aryl methyl sites for hydroxylation is 1. The molecule has 7 heteroatoms. The maximum Gasteiger partial charge on any atom is 0.256 e. The van der Waals surface area contributed by atoms with Gasteiger partial charge in [-0.1, -0.05) is 17.7 Å². The first-order valence-electron chi connectivity index (χ1n) is 6.81. The Bertz CT molecular complexity index is 889. The fraction of sp³-hybridized carbons (Fsp3) is 0.125. The summed E-state index contributed by atoms with van der Waals surface area (Å²) < 4.78 is 16.5. The number of nitrogens with zero attached hydrogens (tertiary/aromatic N) is 2. The minimum Gasteiger partial charge on any atom is -0.346 e. The van der Waals surface area contributed by atoms with E-state index in [2.05, 4.69) is 26.2 Å². The normalized spacial score (nSPS) is 11.0. The van der Waals surface area contributed by atoms with Crippen molar-refractivity contribution in [2.75, 3.05) is 0 Å². The van der Waals surface area contributed by atoms with Gasteiger partial charge in [0.05, 0.1) is 22.8 Å². The molecule has 3 rings (SSSR count). The molecule has 0 spiro atoms. The zero-order valence-electron chi connectivity index (χ0n) is 12.1. The molecule has 0 aliphatic carbocycles. The quantitative estimate of drug-likeness (QED) is 0.723. The summed E-state index contributed by atoms with van der Waals surface area (Å²) in [5.74, 6) is -1.21. The number of amides is 1. The van der Waals surface area contributed by atoms with E-state index in [1.807, 2.05) is 29.8 Å². The topological polar surface area (TPSA) is 46.4 Å². The van der Waals surface area contributed by atoms with Crippen molar-refractivity contribution in [3.8, 4) is 0 Å². The van der Waals surface area contributed by atoms with Crippen LogP contribution in [0.3, 0.4) is 0 Å². The Kier molecular flexibility index (Phi) is 4.37. The van der Waals surface area contributed by atoms with E-state index in [9.17, 15) is 9.18 Å². The minimum atomic E-state index is -0.648. The van der Waals surface area contributed by atoms with E-state index in [1.165, 1.54) is 18.2 Å². The fourth-order valence-corrected chi connectivity index (χ4v) is 3.15. The molecule has 0 atom stereocenters. The molecule has 0 saturated carbocycles. The van der Waals surface area contributed by atoms with Crippen molar-refractivity contribution in [2.24, 2.45) is 0 Å². The summed E-state index contributed by atoms with van der Waals surface area (Å²) in [6, 6.07) is 6.10. The Morgan fingerprint density at radius 3 is 2.96 bits per heavy atom. The van der Waals surface area contributed by atoms with Crippen molar-refractivity contribution in [3.63, 3.8) is 0 Å². The smallest absolute Gasteiger partial charge is 0.256 e. The molecule has 2 heterocycles. The Labute approximate surface area is 145 Å². The molecule has 1 aromatic carbocycles. The van der Waals surface area contributed by atoms with Gasteiger partial charge < -0.3 is 9.72 Å². The number of carbonyl (C=O) groups is 1. The molecule has 0 aliphatic rings. The van der Waals surface area contributed by atoms with Crippen molar-refractivity contribution in [3.05, 3.63) is 68.8 Å². The Hall–Kier alpha value is -1.92. The molecule has 0 aliphatic heterocycles. The molecular formula is C16H12BrClFN3O. The lowest BCUT2D eigenvalue weighted by Gasteiger charge is -2.06. The summed E-state index contributed by atoms with van der Waals surface area (Å²) in [6.45, 7) is 2.14. The van der Waals surface area contributed by atoms with Gasteiger partial charge in [-0.3, -0.25) is 4.79 Å². The van der Waals surface area contributed by atoms with Gasteiger partial charge in [-0.05, 0) is 46.6 Å². The lowest BCUT2D eigenvalue weighted by Crippen LogP contribution is -2.24. The second-order valence-corrected chi connectivity index (χ2v) is 6.41. The highest BCUT2D eigenvalue weighted by atomic mass is 79.9. The Balaban J connectivity index is 1.81. The highest BCUT2D eigenvalue weighted by molar-refractivity contribution is 9.10. The third kappa shape index (κ3) is 3.23. The molecule has 0 unspecified atom stereocenters. The largest absolute Gasteiger partial charge is 0.346 e. The molecule has 3 aromatic rings. The van der Waals surface area contributed by atoms with Gasteiger partial charge in [0.1, 0.15) is 11.5 Å². The number of pyridine rings is 1. The van der Waals surface area contributed by atoms with E-state index < -0.39 is 11.7 Å². The van der Waals surface area contributed by atoms with Crippen LogP contribution in [0.15, 0.2) is 41.1 Å². The predicted molar refractivity (Wildman–Crippen MR) is 90.2 cm³/mol. The molecule has 0 saturated heterocycles. The maximum absolute atomic E-state index is 13.7. The van der Waals surface area contributed by atoms with Gasteiger partial charge in [0.25, 0.3) is 5.91 Å². The molecule has 23 heavy (non-hydrogen) atoms. The van der Waals surface area contributed by atoms with Crippen LogP contribution >= 0.6 is 27.5 Å². The van der Waals surface area contributed by atoms with Crippen LogP contribution in [0.25, 0.3) is 5.65 Å². The van der Waals surface area contributed by atoms with Crippen molar-refractivity contribution >= 4 is 39.1 Å². The van der Waals surface area contributed by atoms with Crippen LogP contribution < -0.4 is 5.32 Å². The summed E-state index contributed by atoms with van der Waals surface area (Å²) in [4.78, 5) is 16.6. The van der Waals surface area contributed by atoms with Gasteiger partial charge >= 0.3 is 0 Å². The number of nitrogens with one attached hydrogen (secondary N) is 1. The predicted octanol–water partition coefficient (Wildman–Crippen LogP) is 4.13.